The van der Waals surface area contributed by atoms with E-state index in [1.54, 1.807) is 17.0 Å². The van der Waals surface area contributed by atoms with Gasteiger partial charge in [0.05, 0.1) is 0 Å². The van der Waals surface area contributed by atoms with E-state index in [0.717, 1.165) is 25.7 Å². The Hall–Kier alpha value is -0.840. The standard InChI is InChI=1S/C17H24ClFN2O.ClH/c1-2-9-21(11-14-15(18)7-4-8-16(14)19)17(22)13-6-3-5-12(13)10-20;/h4,7-8,12-13H,2-3,5-6,9-11,20H2,1H3;1H/t12-,13-;/m1./s1. The predicted octanol–water partition coefficient (Wildman–Crippen LogP) is 4.01. The molecule has 1 aromatic carbocycles. The maximum absolute atomic E-state index is 14.0. The summed E-state index contributed by atoms with van der Waals surface area (Å²) in [5, 5.41) is 0.371. The lowest BCUT2D eigenvalue weighted by atomic mass is 9.94. The molecule has 6 heteroatoms. The van der Waals surface area contributed by atoms with Gasteiger partial charge in [-0.1, -0.05) is 31.0 Å². The summed E-state index contributed by atoms with van der Waals surface area (Å²) in [7, 11) is 0. The molecular weight excluding hydrogens is 338 g/mol. The van der Waals surface area contributed by atoms with Crippen molar-refractivity contribution in [3.63, 3.8) is 0 Å². The fourth-order valence-electron chi connectivity index (χ4n) is 3.29. The number of carbonyl (C=O) groups is 1. The van der Waals surface area contributed by atoms with Gasteiger partial charge < -0.3 is 10.6 Å². The Bertz CT molecular complexity index is 507. The van der Waals surface area contributed by atoms with Crippen LogP contribution in [0.1, 0.15) is 38.2 Å². The molecule has 0 saturated heterocycles. The first-order valence-electron chi connectivity index (χ1n) is 8.00. The fourth-order valence-corrected chi connectivity index (χ4v) is 3.51. The Balaban J connectivity index is 0.00000264. The number of benzene rings is 1. The quantitative estimate of drug-likeness (QED) is 0.830. The summed E-state index contributed by atoms with van der Waals surface area (Å²) < 4.78 is 14.0. The Morgan fingerprint density at radius 2 is 2.17 bits per heavy atom. The van der Waals surface area contributed by atoms with Gasteiger partial charge in [-0.2, -0.15) is 0 Å². The highest BCUT2D eigenvalue weighted by Crippen LogP contribution is 2.33. The van der Waals surface area contributed by atoms with Crippen LogP contribution in [0.3, 0.4) is 0 Å². The second-order valence-electron chi connectivity index (χ2n) is 5.99. The lowest BCUT2D eigenvalue weighted by Crippen LogP contribution is -2.39. The molecule has 1 amide bonds. The topological polar surface area (TPSA) is 46.3 Å². The highest BCUT2D eigenvalue weighted by atomic mass is 35.5. The zero-order chi connectivity index (χ0) is 16.1. The molecule has 0 aromatic heterocycles. The molecule has 0 spiro atoms. The van der Waals surface area contributed by atoms with Gasteiger partial charge in [0.15, 0.2) is 0 Å². The number of halogens is 3. The largest absolute Gasteiger partial charge is 0.338 e. The third-order valence-corrected chi connectivity index (χ3v) is 4.85. The van der Waals surface area contributed by atoms with E-state index in [0.29, 0.717) is 23.7 Å². The van der Waals surface area contributed by atoms with Crippen molar-refractivity contribution in [2.45, 2.75) is 39.2 Å². The molecule has 1 aliphatic carbocycles. The van der Waals surface area contributed by atoms with Gasteiger partial charge in [0.2, 0.25) is 5.91 Å². The van der Waals surface area contributed by atoms with Crippen molar-refractivity contribution in [2.24, 2.45) is 17.6 Å². The van der Waals surface area contributed by atoms with Crippen molar-refractivity contribution in [2.75, 3.05) is 13.1 Å². The minimum Gasteiger partial charge on any atom is -0.338 e. The zero-order valence-corrected chi connectivity index (χ0v) is 15.0. The van der Waals surface area contributed by atoms with E-state index in [1.165, 1.54) is 6.07 Å². The monoisotopic (exact) mass is 362 g/mol. The number of hydrogen-bond acceptors (Lipinski definition) is 2. The van der Waals surface area contributed by atoms with Crippen LogP contribution < -0.4 is 5.73 Å². The summed E-state index contributed by atoms with van der Waals surface area (Å²) in [6.45, 7) is 3.39. The van der Waals surface area contributed by atoms with Gasteiger partial charge in [-0.3, -0.25) is 4.79 Å². The first-order chi connectivity index (χ1) is 10.6. The molecule has 2 rings (SSSR count). The van der Waals surface area contributed by atoms with Crippen LogP contribution in [0.5, 0.6) is 0 Å². The molecule has 0 unspecified atom stereocenters. The SMILES string of the molecule is CCCN(Cc1c(F)cccc1Cl)C(=O)[C@@H]1CCC[C@@H]1CN.Cl. The highest BCUT2D eigenvalue weighted by Gasteiger charge is 2.34. The van der Waals surface area contributed by atoms with Crippen LogP contribution in [0.2, 0.25) is 5.02 Å². The van der Waals surface area contributed by atoms with Crippen molar-refractivity contribution < 1.29 is 9.18 Å². The molecule has 1 saturated carbocycles. The summed E-state index contributed by atoms with van der Waals surface area (Å²) in [5.74, 6) is -0.0395. The van der Waals surface area contributed by atoms with Crippen molar-refractivity contribution in [1.82, 2.24) is 4.90 Å². The van der Waals surface area contributed by atoms with Crippen molar-refractivity contribution >= 4 is 29.9 Å². The van der Waals surface area contributed by atoms with Gasteiger partial charge in [0.25, 0.3) is 0 Å². The number of amides is 1. The second kappa shape index (κ2) is 9.45. The smallest absolute Gasteiger partial charge is 0.226 e. The minimum absolute atomic E-state index is 0. The number of carbonyl (C=O) groups excluding carboxylic acids is 1. The molecule has 0 aliphatic heterocycles. The Morgan fingerprint density at radius 1 is 1.43 bits per heavy atom. The van der Waals surface area contributed by atoms with E-state index in [1.807, 2.05) is 6.92 Å². The van der Waals surface area contributed by atoms with Gasteiger partial charge in [-0.25, -0.2) is 4.39 Å². The van der Waals surface area contributed by atoms with Crippen LogP contribution in [-0.2, 0) is 11.3 Å². The lowest BCUT2D eigenvalue weighted by Gasteiger charge is -2.28. The first kappa shape index (κ1) is 20.2. The van der Waals surface area contributed by atoms with E-state index in [9.17, 15) is 9.18 Å². The molecule has 0 bridgehead atoms. The summed E-state index contributed by atoms with van der Waals surface area (Å²) in [6, 6.07) is 4.62. The van der Waals surface area contributed by atoms with Crippen LogP contribution in [0.4, 0.5) is 4.39 Å². The number of rotatable bonds is 6. The van der Waals surface area contributed by atoms with E-state index < -0.39 is 0 Å². The van der Waals surface area contributed by atoms with Gasteiger partial charge in [0.1, 0.15) is 5.82 Å². The molecule has 3 nitrogen and oxygen atoms in total. The van der Waals surface area contributed by atoms with E-state index in [2.05, 4.69) is 0 Å². The Labute approximate surface area is 148 Å². The normalized spacial score (nSPS) is 20.2. The molecule has 1 fully saturated rings. The number of hydrogen-bond donors (Lipinski definition) is 1. The number of nitrogens with zero attached hydrogens (tertiary/aromatic N) is 1. The average molecular weight is 363 g/mol. The van der Waals surface area contributed by atoms with Crippen molar-refractivity contribution in [1.29, 1.82) is 0 Å². The van der Waals surface area contributed by atoms with Gasteiger partial charge in [0, 0.05) is 29.6 Å². The van der Waals surface area contributed by atoms with Crippen molar-refractivity contribution in [3.05, 3.63) is 34.6 Å². The molecule has 2 atom stereocenters. The molecule has 1 aromatic rings. The maximum atomic E-state index is 14.0. The number of nitrogens with two attached hydrogens (primary N) is 1. The second-order valence-corrected chi connectivity index (χ2v) is 6.40. The molecule has 23 heavy (non-hydrogen) atoms. The van der Waals surface area contributed by atoms with Gasteiger partial charge in [-0.05, 0) is 43.9 Å². The van der Waals surface area contributed by atoms with E-state index in [-0.39, 0.29) is 42.5 Å². The molecule has 130 valence electrons. The fraction of sp³-hybridized carbons (Fsp3) is 0.588. The van der Waals surface area contributed by atoms with Crippen LogP contribution in [0.25, 0.3) is 0 Å². The van der Waals surface area contributed by atoms with Gasteiger partial charge >= 0.3 is 0 Å². The molecule has 1 aliphatic rings. The van der Waals surface area contributed by atoms with Crippen LogP contribution >= 0.6 is 24.0 Å². The summed E-state index contributed by atoms with van der Waals surface area (Å²) in [5.41, 5.74) is 6.18. The third-order valence-electron chi connectivity index (χ3n) is 4.49. The minimum atomic E-state index is -0.358. The predicted molar refractivity (Wildman–Crippen MR) is 94.3 cm³/mol. The zero-order valence-electron chi connectivity index (χ0n) is 13.4. The van der Waals surface area contributed by atoms with E-state index in [4.69, 9.17) is 17.3 Å². The average Bonchev–Trinajstić information content (AvgIpc) is 2.97. The summed E-state index contributed by atoms with van der Waals surface area (Å²) in [4.78, 5) is 14.6. The van der Waals surface area contributed by atoms with Crippen LogP contribution in [0, 0.1) is 17.7 Å². The molecule has 0 heterocycles. The summed E-state index contributed by atoms with van der Waals surface area (Å²) >= 11 is 6.10. The third kappa shape index (κ3) is 4.82. The highest BCUT2D eigenvalue weighted by molar-refractivity contribution is 6.31. The van der Waals surface area contributed by atoms with Crippen LogP contribution in [0.15, 0.2) is 18.2 Å². The lowest BCUT2D eigenvalue weighted by molar-refractivity contribution is -0.137. The van der Waals surface area contributed by atoms with Crippen molar-refractivity contribution in [3.8, 4) is 0 Å². The first-order valence-corrected chi connectivity index (χ1v) is 8.38. The Morgan fingerprint density at radius 3 is 2.78 bits per heavy atom. The summed E-state index contributed by atoms with van der Waals surface area (Å²) in [6.07, 6.45) is 3.76. The molecular formula is C17H25Cl2FN2O. The van der Waals surface area contributed by atoms with E-state index >= 15 is 0 Å². The molecule has 2 N–H and O–H groups in total. The van der Waals surface area contributed by atoms with Crippen LogP contribution in [-0.4, -0.2) is 23.9 Å². The molecule has 0 radical (unpaired) electrons. The van der Waals surface area contributed by atoms with Gasteiger partial charge in [-0.15, -0.1) is 12.4 Å². The maximum Gasteiger partial charge on any atom is 0.226 e. The Kier molecular flexibility index (Phi) is 8.31.